The number of alkyl halides is 2. The van der Waals surface area contributed by atoms with Gasteiger partial charge in [0.15, 0.2) is 76.0 Å². The van der Waals surface area contributed by atoms with Gasteiger partial charge in [0.25, 0.3) is 0 Å². The number of aromatic nitrogens is 12. The zero-order chi connectivity index (χ0) is 55.3. The van der Waals surface area contributed by atoms with E-state index < -0.39 is 53.0 Å². The zero-order valence-corrected chi connectivity index (χ0v) is 45.7. The maximum atomic E-state index is 15.9. The van der Waals surface area contributed by atoms with Crippen molar-refractivity contribution in [2.45, 2.75) is 74.9 Å². The quantitative estimate of drug-likeness (QED) is 0.0825. The third-order valence-electron chi connectivity index (χ3n) is 12.0. The lowest BCUT2D eigenvalue weighted by atomic mass is 10.0. The highest BCUT2D eigenvalue weighted by molar-refractivity contribution is 7.91. The predicted octanol–water partition coefficient (Wildman–Crippen LogP) is 7.13. The van der Waals surface area contributed by atoms with Gasteiger partial charge >= 0.3 is 0 Å². The van der Waals surface area contributed by atoms with Crippen molar-refractivity contribution in [2.75, 3.05) is 28.4 Å². The number of rotatable bonds is 18. The molecule has 396 valence electrons. The Kier molecular flexibility index (Phi) is 16.5. The highest BCUT2D eigenvalue weighted by Gasteiger charge is 2.46. The van der Waals surface area contributed by atoms with Crippen LogP contribution >= 0.6 is 22.7 Å². The van der Waals surface area contributed by atoms with Gasteiger partial charge in [-0.25, -0.2) is 55.5 Å². The number of ether oxygens (including phenoxy) is 4. The summed E-state index contributed by atoms with van der Waals surface area (Å²) in [6, 6.07) is 13.9. The summed E-state index contributed by atoms with van der Waals surface area (Å²) in [6.45, 7) is 8.32. The number of thiazole rings is 2. The minimum Gasteiger partial charge on any atom is -0.494 e. The second-order valence-corrected chi connectivity index (χ2v) is 23.4. The Bertz CT molecular complexity index is 3420. The van der Waals surface area contributed by atoms with E-state index in [9.17, 15) is 16.8 Å². The van der Waals surface area contributed by atoms with Crippen LogP contribution in [-0.4, -0.2) is 115 Å². The molecule has 8 aromatic rings. The number of para-hydroxylation sites is 2. The van der Waals surface area contributed by atoms with Crippen LogP contribution in [0, 0.1) is 36.5 Å². The average molecular weight is 1120 g/mol. The van der Waals surface area contributed by atoms with Gasteiger partial charge in [0.1, 0.15) is 68.5 Å². The van der Waals surface area contributed by atoms with Crippen LogP contribution in [0.3, 0.4) is 0 Å². The Labute approximate surface area is 443 Å². The number of halogens is 2. The fourth-order valence-corrected chi connectivity index (χ4v) is 12.2. The second kappa shape index (κ2) is 22.5. The lowest BCUT2D eigenvalue weighted by molar-refractivity contribution is 0.174. The van der Waals surface area contributed by atoms with Gasteiger partial charge in [0, 0.05) is 46.9 Å². The van der Waals surface area contributed by atoms with Gasteiger partial charge in [0.05, 0.1) is 39.6 Å². The third-order valence-corrected chi connectivity index (χ3v) is 18.3. The first-order valence-electron chi connectivity index (χ1n) is 22.5. The molecule has 22 nitrogen and oxygen atoms in total. The van der Waals surface area contributed by atoms with Crippen LogP contribution in [0.15, 0.2) is 71.9 Å². The number of methoxy groups -OCH3 is 4. The molecule has 0 fully saturated rings. The van der Waals surface area contributed by atoms with Crippen LogP contribution in [0.5, 0.6) is 23.0 Å². The summed E-state index contributed by atoms with van der Waals surface area (Å²) in [4.78, 5) is 24.5. The number of sulfone groups is 2. The van der Waals surface area contributed by atoms with E-state index >= 15 is 8.78 Å². The Morgan fingerprint density at radius 3 is 1.17 bits per heavy atom. The maximum absolute atomic E-state index is 15.9. The molecule has 0 aliphatic rings. The highest BCUT2D eigenvalue weighted by Crippen LogP contribution is 2.41. The predicted molar refractivity (Wildman–Crippen MR) is 275 cm³/mol. The average Bonchev–Trinajstić information content (AvgIpc) is 4.24. The van der Waals surface area contributed by atoms with Crippen molar-refractivity contribution in [1.29, 1.82) is 10.5 Å². The second-order valence-electron chi connectivity index (χ2n) is 17.0. The number of hydrogen-bond acceptors (Lipinski definition) is 22. The van der Waals surface area contributed by atoms with Crippen molar-refractivity contribution >= 4 is 42.3 Å². The Morgan fingerprint density at radius 2 is 0.908 bits per heavy atom. The van der Waals surface area contributed by atoms with Gasteiger partial charge in [-0.15, -0.1) is 43.1 Å². The van der Waals surface area contributed by atoms with Crippen molar-refractivity contribution in [3.8, 4) is 68.2 Å². The first-order valence-corrected chi connectivity index (χ1v) is 27.7. The van der Waals surface area contributed by atoms with Crippen LogP contribution in [0.1, 0.15) is 73.5 Å². The minimum atomic E-state index is -4.21. The molecular formula is C48H48F2N14O8S4. The van der Waals surface area contributed by atoms with Gasteiger partial charge in [-0.3, -0.25) is 9.13 Å². The summed E-state index contributed by atoms with van der Waals surface area (Å²) in [6.07, 6.45) is 4.58. The summed E-state index contributed by atoms with van der Waals surface area (Å²) < 4.78 is 111. The van der Waals surface area contributed by atoms with Crippen LogP contribution in [0.2, 0.25) is 0 Å². The first kappa shape index (κ1) is 55.8. The van der Waals surface area contributed by atoms with Gasteiger partial charge in [-0.1, -0.05) is 12.1 Å². The number of aryl methyl sites for hydroxylation is 2. The number of nitrogens with zero attached hydrogens (tertiary/aromatic N) is 14. The molecule has 0 N–H and O–H groups in total. The van der Waals surface area contributed by atoms with E-state index in [-0.39, 0.29) is 46.1 Å². The number of hydrogen-bond donors (Lipinski definition) is 0. The van der Waals surface area contributed by atoms with E-state index in [1.165, 1.54) is 74.1 Å². The molecule has 4 atom stereocenters. The molecule has 0 saturated heterocycles. The van der Waals surface area contributed by atoms with Gasteiger partial charge in [0.2, 0.25) is 0 Å². The van der Waals surface area contributed by atoms with E-state index in [4.69, 9.17) is 29.5 Å². The van der Waals surface area contributed by atoms with Crippen molar-refractivity contribution in [2.24, 2.45) is 0 Å². The molecule has 6 aromatic heterocycles. The molecule has 28 heteroatoms. The van der Waals surface area contributed by atoms with Gasteiger partial charge in [-0.2, -0.15) is 10.5 Å². The fourth-order valence-electron chi connectivity index (χ4n) is 7.51. The molecule has 0 unspecified atom stereocenters. The van der Waals surface area contributed by atoms with E-state index in [1.807, 2.05) is 36.7 Å². The summed E-state index contributed by atoms with van der Waals surface area (Å²) in [5.74, 6) is 0.0865. The molecule has 0 spiro atoms. The number of benzene rings is 2. The lowest BCUT2D eigenvalue weighted by Gasteiger charge is -2.26. The largest absolute Gasteiger partial charge is 0.494 e. The standard InChI is InChI=1S/2C24H24FN7O4S2/c2*1-14-12-37-22(29-14)21-31-30-19(32(21)20-17(35-4)7-6-8-18(20)36-5)13-38(33,34)15(2)24(3,25)23-27-10-16(9-26)11-28-23/h2*6-8,10-12,15H,13H2,1-5H3/t2*15-,24+/m10/s1. The highest BCUT2D eigenvalue weighted by atomic mass is 32.2. The van der Waals surface area contributed by atoms with Crippen LogP contribution < -0.4 is 18.9 Å². The molecule has 6 heterocycles. The molecule has 0 aliphatic heterocycles. The number of nitriles is 2. The van der Waals surface area contributed by atoms with Crippen LogP contribution in [0.4, 0.5) is 8.78 Å². The van der Waals surface area contributed by atoms with E-state index in [0.29, 0.717) is 44.4 Å². The monoisotopic (exact) mass is 1110 g/mol. The molecule has 0 bridgehead atoms. The Morgan fingerprint density at radius 1 is 0.592 bits per heavy atom. The molecule has 8 rings (SSSR count). The van der Waals surface area contributed by atoms with Crippen molar-refractivity contribution in [1.82, 2.24) is 59.4 Å². The SMILES string of the molecule is COc1cccc(OC)c1-n1c(CS(=O)(=O)[C@@H](C)[C@@](C)(F)c2ncc(C#N)cn2)nnc1-c1nc(C)cs1.COc1cccc(OC)c1-n1c(CS(=O)(=O)[C@H](C)[C@](C)(F)c2ncc(C#N)cn2)nnc1-c1nc(C)cs1. The van der Waals surface area contributed by atoms with Crippen LogP contribution in [0.25, 0.3) is 33.0 Å². The minimum absolute atomic E-state index is 0.0130. The Hall–Kier alpha value is -7.92. The summed E-state index contributed by atoms with van der Waals surface area (Å²) in [7, 11) is -2.53. The first-order chi connectivity index (χ1) is 36.1. The molecule has 0 saturated carbocycles. The third kappa shape index (κ3) is 11.2. The molecule has 76 heavy (non-hydrogen) atoms. The molecule has 0 aliphatic carbocycles. The fraction of sp³-hybridized carbons (Fsp3) is 0.333. The molecule has 2 aromatic carbocycles. The Balaban J connectivity index is 0.000000221. The smallest absolute Gasteiger partial charge is 0.197 e. The maximum Gasteiger partial charge on any atom is 0.197 e. The van der Waals surface area contributed by atoms with Gasteiger partial charge in [-0.05, 0) is 65.8 Å². The van der Waals surface area contributed by atoms with Crippen LogP contribution in [-0.2, 0) is 42.5 Å². The summed E-state index contributed by atoms with van der Waals surface area (Å²) in [5, 5.41) is 36.3. The topological polar surface area (TPSA) is 292 Å². The van der Waals surface area contributed by atoms with Crippen molar-refractivity contribution < 1.29 is 44.6 Å². The van der Waals surface area contributed by atoms with E-state index in [2.05, 4.69) is 50.3 Å². The van der Waals surface area contributed by atoms with Crippen molar-refractivity contribution in [3.05, 3.63) is 118 Å². The summed E-state index contributed by atoms with van der Waals surface area (Å²) in [5.41, 5.74) is -2.41. The molecular weight excluding hydrogens is 1070 g/mol. The van der Waals surface area contributed by atoms with Crippen molar-refractivity contribution in [3.63, 3.8) is 0 Å². The molecule has 0 amide bonds. The van der Waals surface area contributed by atoms with Gasteiger partial charge < -0.3 is 18.9 Å². The summed E-state index contributed by atoms with van der Waals surface area (Å²) >= 11 is 2.63. The normalized spacial score (nSPS) is 13.9. The lowest BCUT2D eigenvalue weighted by Crippen LogP contribution is -2.39. The van der Waals surface area contributed by atoms with E-state index in [1.54, 1.807) is 36.4 Å². The molecule has 0 radical (unpaired) electrons. The van der Waals surface area contributed by atoms with E-state index in [0.717, 1.165) is 50.0 Å². The zero-order valence-electron chi connectivity index (χ0n) is 42.4.